The molecule has 6 nitrogen and oxygen atoms in total. The minimum atomic E-state index is 0.424. The van der Waals surface area contributed by atoms with Gasteiger partial charge in [-0.1, -0.05) is 37.1 Å². The number of hydrogen-bond acceptors (Lipinski definition) is 6. The highest BCUT2D eigenvalue weighted by atomic mass is 32.2. The maximum absolute atomic E-state index is 5.50. The van der Waals surface area contributed by atoms with Gasteiger partial charge >= 0.3 is 0 Å². The number of rotatable bonds is 7. The first-order valence-corrected chi connectivity index (χ1v) is 11.0. The molecule has 4 rings (SSSR count). The summed E-state index contributed by atoms with van der Waals surface area (Å²) in [5.41, 5.74) is 2.04. The zero-order chi connectivity index (χ0) is 20.1. The highest BCUT2D eigenvalue weighted by molar-refractivity contribution is 7.98. The topological polar surface area (TPSA) is 62.1 Å². The first-order valence-electron chi connectivity index (χ1n) is 10.00. The zero-order valence-electron chi connectivity index (χ0n) is 16.9. The van der Waals surface area contributed by atoms with Crippen LogP contribution in [0.5, 0.6) is 11.5 Å². The molecule has 3 aromatic rings. The fraction of sp³-hybridized carbons (Fsp3) is 0.409. The van der Waals surface area contributed by atoms with E-state index in [-0.39, 0.29) is 0 Å². The fourth-order valence-corrected chi connectivity index (χ4v) is 4.76. The lowest BCUT2D eigenvalue weighted by Gasteiger charge is -2.25. The van der Waals surface area contributed by atoms with Crippen LogP contribution in [0, 0.1) is 0 Å². The summed E-state index contributed by atoms with van der Waals surface area (Å²) in [4.78, 5) is 4.43. The van der Waals surface area contributed by atoms with Crippen LogP contribution < -0.4 is 9.47 Å². The number of methoxy groups -OCH3 is 2. The maximum atomic E-state index is 5.50. The lowest BCUT2D eigenvalue weighted by molar-refractivity contribution is 0.339. The van der Waals surface area contributed by atoms with Crippen molar-refractivity contribution in [2.45, 2.75) is 49.1 Å². The summed E-state index contributed by atoms with van der Waals surface area (Å²) < 4.78 is 13.2. The van der Waals surface area contributed by atoms with E-state index < -0.39 is 0 Å². The molecule has 0 saturated heterocycles. The highest BCUT2D eigenvalue weighted by Crippen LogP contribution is 2.38. The monoisotopic (exact) mass is 410 g/mol. The number of ether oxygens (including phenoxy) is 2. The van der Waals surface area contributed by atoms with E-state index in [0.29, 0.717) is 17.5 Å². The Balaban J connectivity index is 1.69. The molecule has 0 radical (unpaired) electrons. The van der Waals surface area contributed by atoms with Crippen LogP contribution in [0.3, 0.4) is 0 Å². The van der Waals surface area contributed by atoms with Gasteiger partial charge in [-0.15, -0.1) is 10.2 Å². The Morgan fingerprint density at radius 1 is 1.00 bits per heavy atom. The highest BCUT2D eigenvalue weighted by Gasteiger charge is 2.24. The van der Waals surface area contributed by atoms with Crippen molar-refractivity contribution in [2.24, 2.45) is 0 Å². The molecule has 0 spiro atoms. The Hall–Kier alpha value is -2.54. The number of nitrogens with zero attached hydrogens (tertiary/aromatic N) is 4. The van der Waals surface area contributed by atoms with E-state index >= 15 is 0 Å². The molecule has 0 unspecified atom stereocenters. The van der Waals surface area contributed by atoms with E-state index in [0.717, 1.165) is 40.8 Å². The van der Waals surface area contributed by atoms with Gasteiger partial charge in [0.1, 0.15) is 0 Å². The van der Waals surface area contributed by atoms with Gasteiger partial charge < -0.3 is 9.47 Å². The molecule has 2 aromatic heterocycles. The molecule has 1 saturated carbocycles. The average molecular weight is 411 g/mol. The van der Waals surface area contributed by atoms with Gasteiger partial charge in [0.25, 0.3) is 0 Å². The van der Waals surface area contributed by atoms with Crippen molar-refractivity contribution in [3.63, 3.8) is 0 Å². The molecular formula is C22H26N4O2S. The summed E-state index contributed by atoms with van der Waals surface area (Å²) in [5.74, 6) is 3.08. The Kier molecular flexibility index (Phi) is 6.34. The molecule has 152 valence electrons. The number of hydrogen-bond donors (Lipinski definition) is 0. The quantitative estimate of drug-likeness (QED) is 0.502. The second-order valence-electron chi connectivity index (χ2n) is 7.15. The smallest absolute Gasteiger partial charge is 0.192 e. The van der Waals surface area contributed by atoms with Crippen LogP contribution in [-0.2, 0) is 5.75 Å². The Morgan fingerprint density at radius 3 is 2.55 bits per heavy atom. The van der Waals surface area contributed by atoms with Gasteiger partial charge in [-0.3, -0.25) is 9.55 Å². The minimum Gasteiger partial charge on any atom is -0.493 e. The number of benzene rings is 1. The van der Waals surface area contributed by atoms with Crippen molar-refractivity contribution in [1.82, 2.24) is 19.7 Å². The number of aromatic nitrogens is 4. The van der Waals surface area contributed by atoms with E-state index in [1.165, 1.54) is 19.3 Å². The molecule has 0 bridgehead atoms. The molecule has 0 aliphatic heterocycles. The molecule has 29 heavy (non-hydrogen) atoms. The third-order valence-electron chi connectivity index (χ3n) is 5.32. The lowest BCUT2D eigenvalue weighted by Crippen LogP contribution is -2.15. The number of pyridine rings is 1. The van der Waals surface area contributed by atoms with Crippen molar-refractivity contribution in [3.8, 4) is 22.9 Å². The summed E-state index contributed by atoms with van der Waals surface area (Å²) in [6, 6.07) is 12.4. The zero-order valence-corrected chi connectivity index (χ0v) is 17.7. The molecule has 0 amide bonds. The molecule has 1 aliphatic carbocycles. The molecule has 7 heteroatoms. The second kappa shape index (κ2) is 9.31. The Morgan fingerprint density at radius 2 is 1.83 bits per heavy atom. The molecule has 1 fully saturated rings. The van der Waals surface area contributed by atoms with E-state index in [2.05, 4.69) is 19.7 Å². The van der Waals surface area contributed by atoms with Crippen molar-refractivity contribution in [2.75, 3.05) is 14.2 Å². The summed E-state index contributed by atoms with van der Waals surface area (Å²) in [5, 5.41) is 10.1. The van der Waals surface area contributed by atoms with Gasteiger partial charge in [0.2, 0.25) is 0 Å². The van der Waals surface area contributed by atoms with Crippen LogP contribution in [0.2, 0.25) is 0 Å². The van der Waals surface area contributed by atoms with E-state index in [1.54, 1.807) is 26.0 Å². The van der Waals surface area contributed by atoms with E-state index in [9.17, 15) is 0 Å². The second-order valence-corrected chi connectivity index (χ2v) is 8.09. The van der Waals surface area contributed by atoms with Crippen molar-refractivity contribution < 1.29 is 9.47 Å². The van der Waals surface area contributed by atoms with Crippen molar-refractivity contribution in [3.05, 3.63) is 48.3 Å². The van der Waals surface area contributed by atoms with Gasteiger partial charge in [0.05, 0.1) is 19.9 Å². The van der Waals surface area contributed by atoms with Crippen molar-refractivity contribution >= 4 is 11.8 Å². The molecule has 0 atom stereocenters. The summed E-state index contributed by atoms with van der Waals surface area (Å²) in [7, 11) is 3.30. The molecule has 2 heterocycles. The predicted molar refractivity (Wildman–Crippen MR) is 114 cm³/mol. The van der Waals surface area contributed by atoms with Crippen LogP contribution in [0.25, 0.3) is 11.4 Å². The van der Waals surface area contributed by atoms with Crippen LogP contribution in [0.1, 0.15) is 43.8 Å². The van der Waals surface area contributed by atoms with E-state index in [4.69, 9.17) is 9.47 Å². The van der Waals surface area contributed by atoms with Crippen LogP contribution >= 0.6 is 11.8 Å². The standard InChI is InChI=1S/C22H26N4O2S/c1-27-19-12-11-16(14-20(19)28-2)21-24-25-22(26(21)18-9-4-3-5-10-18)29-15-17-8-6-7-13-23-17/h6-8,11-14,18H,3-5,9-10,15H2,1-2H3. The molecule has 0 N–H and O–H groups in total. The first kappa shape index (κ1) is 19.8. The van der Waals surface area contributed by atoms with Gasteiger partial charge in [0.15, 0.2) is 22.5 Å². The Labute approximate surface area is 175 Å². The molecule has 1 aromatic carbocycles. The fourth-order valence-electron chi connectivity index (χ4n) is 3.84. The molecule has 1 aliphatic rings. The van der Waals surface area contributed by atoms with Crippen molar-refractivity contribution in [1.29, 1.82) is 0 Å². The van der Waals surface area contributed by atoms with Gasteiger partial charge in [-0.25, -0.2) is 0 Å². The van der Waals surface area contributed by atoms with Gasteiger partial charge in [-0.05, 0) is 43.2 Å². The lowest BCUT2D eigenvalue weighted by atomic mass is 9.95. The summed E-state index contributed by atoms with van der Waals surface area (Å²) in [6.07, 6.45) is 7.96. The molecular weight excluding hydrogens is 384 g/mol. The maximum Gasteiger partial charge on any atom is 0.192 e. The van der Waals surface area contributed by atoms with E-state index in [1.807, 2.05) is 42.6 Å². The largest absolute Gasteiger partial charge is 0.493 e. The van der Waals surface area contributed by atoms with Crippen LogP contribution in [0.15, 0.2) is 47.8 Å². The predicted octanol–water partition coefficient (Wildman–Crippen LogP) is 5.15. The first-order chi connectivity index (χ1) is 14.3. The van der Waals surface area contributed by atoms with Gasteiger partial charge in [0, 0.05) is 23.6 Å². The Bertz CT molecular complexity index is 939. The SMILES string of the molecule is COc1ccc(-c2nnc(SCc3ccccn3)n2C2CCCCC2)cc1OC. The summed E-state index contributed by atoms with van der Waals surface area (Å²) >= 11 is 1.70. The summed E-state index contributed by atoms with van der Waals surface area (Å²) in [6.45, 7) is 0. The normalized spacial score (nSPS) is 14.7. The minimum absolute atomic E-state index is 0.424. The number of thioether (sulfide) groups is 1. The van der Waals surface area contributed by atoms with Gasteiger partial charge in [-0.2, -0.15) is 0 Å². The third-order valence-corrected chi connectivity index (χ3v) is 6.30. The van der Waals surface area contributed by atoms with Crippen LogP contribution in [-0.4, -0.2) is 34.0 Å². The average Bonchev–Trinajstić information content (AvgIpc) is 3.22. The van der Waals surface area contributed by atoms with Crippen LogP contribution in [0.4, 0.5) is 0 Å². The third kappa shape index (κ3) is 4.40.